The van der Waals surface area contributed by atoms with E-state index in [1.807, 2.05) is 0 Å². The van der Waals surface area contributed by atoms with Gasteiger partial charge in [0.2, 0.25) is 0 Å². The molecule has 12 heavy (non-hydrogen) atoms. The van der Waals surface area contributed by atoms with Gasteiger partial charge in [0.15, 0.2) is 0 Å². The largest absolute Gasteiger partial charge is 0.0697 e. The molecule has 2 rings (SSSR count). The van der Waals surface area contributed by atoms with Crippen molar-refractivity contribution in [1.82, 2.24) is 0 Å². The van der Waals surface area contributed by atoms with E-state index in [0.717, 1.165) is 0 Å². The van der Waals surface area contributed by atoms with Gasteiger partial charge in [-0.15, -0.1) is 0 Å². The summed E-state index contributed by atoms with van der Waals surface area (Å²) in [4.78, 5) is 0. The summed E-state index contributed by atoms with van der Waals surface area (Å²) in [5.74, 6) is 0. The highest BCUT2D eigenvalue weighted by Crippen LogP contribution is 2.28. The molecule has 1 heteroatoms. The Morgan fingerprint density at radius 1 is 1.17 bits per heavy atom. The van der Waals surface area contributed by atoms with Crippen LogP contribution in [-0.2, 0) is 0 Å². The zero-order chi connectivity index (χ0) is 8.60. The first-order valence-electron chi connectivity index (χ1n) is 4.23. The lowest BCUT2D eigenvalue weighted by atomic mass is 10.1. The molecule has 0 amide bonds. The smallest absolute Gasteiger partial charge is 0.0595 e. The quantitative estimate of drug-likeness (QED) is 0.539. The van der Waals surface area contributed by atoms with Crippen molar-refractivity contribution in [2.24, 2.45) is 0 Å². The van der Waals surface area contributed by atoms with Gasteiger partial charge in [-0.2, -0.15) is 0 Å². The molecule has 0 atom stereocenters. The van der Waals surface area contributed by atoms with Crippen molar-refractivity contribution in [3.63, 3.8) is 0 Å². The van der Waals surface area contributed by atoms with Gasteiger partial charge in [-0.1, -0.05) is 65.9 Å². The minimum Gasteiger partial charge on any atom is -0.0697 e. The van der Waals surface area contributed by atoms with Gasteiger partial charge in [0, 0.05) is 0 Å². The molecule has 1 aliphatic carbocycles. The van der Waals surface area contributed by atoms with Crippen molar-refractivity contribution < 1.29 is 0 Å². The fourth-order valence-corrected chi connectivity index (χ4v) is 2.21. The average molecular weight is 270 g/mol. The number of benzene rings is 1. The lowest BCUT2D eigenvalue weighted by molar-refractivity contribution is 0.942. The number of rotatable bonds is 1. The Hall–Kier alpha value is -0.310. The molecule has 0 spiro atoms. The van der Waals surface area contributed by atoms with Crippen molar-refractivity contribution in [1.29, 1.82) is 0 Å². The maximum atomic E-state index is 2.51. The summed E-state index contributed by atoms with van der Waals surface area (Å²) in [6.45, 7) is 2.23. The van der Waals surface area contributed by atoms with Crippen molar-refractivity contribution in [2.45, 2.75) is 16.8 Å². The summed E-state index contributed by atoms with van der Waals surface area (Å²) in [6, 6.07) is 8.56. The molecule has 0 bridgehead atoms. The van der Waals surface area contributed by atoms with Crippen LogP contribution in [0, 0.1) is 0 Å². The van der Waals surface area contributed by atoms with E-state index in [1.165, 1.54) is 16.9 Å². The first kappa shape index (κ1) is 8.30. The lowest BCUT2D eigenvalue weighted by Gasteiger charge is -2.12. The molecular weight excluding hydrogens is 259 g/mol. The predicted octanol–water partition coefficient (Wildman–Crippen LogP) is 1.85. The third-order valence-electron chi connectivity index (χ3n) is 2.33. The molecule has 0 saturated heterocycles. The highest BCUT2D eigenvalue weighted by Gasteiger charge is 2.20. The molecule has 1 aromatic rings. The van der Waals surface area contributed by atoms with E-state index in [4.69, 9.17) is 0 Å². The van der Waals surface area contributed by atoms with Crippen LogP contribution in [0.4, 0.5) is 0 Å². The predicted molar refractivity (Wildman–Crippen MR) is 61.7 cm³/mol. The van der Waals surface area contributed by atoms with Gasteiger partial charge in [0.1, 0.15) is 0 Å². The Morgan fingerprint density at radius 2 is 1.67 bits per heavy atom. The second-order valence-electron chi connectivity index (χ2n) is 3.20. The third-order valence-corrected chi connectivity index (χ3v) is 3.71. The fraction of sp³-hybridized carbons (Fsp3) is 0.273. The van der Waals surface area contributed by atoms with E-state index in [2.05, 4.69) is 65.9 Å². The zero-order valence-electron chi connectivity index (χ0n) is 7.05. The molecule has 0 unspecified atom stereocenters. The van der Waals surface area contributed by atoms with E-state index in [0.29, 0.717) is 0 Å². The SMILES string of the molecule is CCC1(I)C=c2ccccc2=C1. The molecule has 0 fully saturated rings. The molecule has 0 saturated carbocycles. The zero-order valence-corrected chi connectivity index (χ0v) is 9.21. The second kappa shape index (κ2) is 2.87. The van der Waals surface area contributed by atoms with Crippen LogP contribution in [0.5, 0.6) is 0 Å². The number of fused-ring (bicyclic) bond motifs is 1. The van der Waals surface area contributed by atoms with E-state index < -0.39 is 0 Å². The fourth-order valence-electron chi connectivity index (χ4n) is 1.54. The van der Waals surface area contributed by atoms with Crippen LogP contribution >= 0.6 is 22.6 Å². The number of alkyl halides is 1. The Bertz CT molecular complexity index is 368. The third kappa shape index (κ3) is 1.30. The summed E-state index contributed by atoms with van der Waals surface area (Å²) in [7, 11) is 0. The van der Waals surface area contributed by atoms with Crippen LogP contribution in [0.25, 0.3) is 12.2 Å². The van der Waals surface area contributed by atoms with E-state index in [-0.39, 0.29) is 3.42 Å². The molecule has 0 heterocycles. The monoisotopic (exact) mass is 270 g/mol. The number of hydrogen-bond acceptors (Lipinski definition) is 0. The Kier molecular flexibility index (Phi) is 1.99. The summed E-state index contributed by atoms with van der Waals surface area (Å²) in [5, 5.41) is 2.77. The number of halogens is 1. The Balaban J connectivity index is 2.68. The highest BCUT2D eigenvalue weighted by molar-refractivity contribution is 14.1. The highest BCUT2D eigenvalue weighted by atomic mass is 127. The lowest BCUT2D eigenvalue weighted by Crippen LogP contribution is -2.19. The molecule has 0 nitrogen and oxygen atoms in total. The maximum Gasteiger partial charge on any atom is 0.0595 e. The van der Waals surface area contributed by atoms with Crippen molar-refractivity contribution in [3.05, 3.63) is 34.7 Å². The Labute approximate surface area is 86.1 Å². The molecule has 0 radical (unpaired) electrons. The first-order valence-corrected chi connectivity index (χ1v) is 5.31. The maximum absolute atomic E-state index is 2.51. The topological polar surface area (TPSA) is 0 Å². The molecule has 1 aromatic carbocycles. The van der Waals surface area contributed by atoms with Crippen LogP contribution in [-0.4, -0.2) is 3.42 Å². The number of hydrogen-bond donors (Lipinski definition) is 0. The van der Waals surface area contributed by atoms with Gasteiger partial charge in [0.05, 0.1) is 3.42 Å². The average Bonchev–Trinajstić information content (AvgIpc) is 2.42. The van der Waals surface area contributed by atoms with Crippen LogP contribution in [0.1, 0.15) is 13.3 Å². The van der Waals surface area contributed by atoms with Gasteiger partial charge >= 0.3 is 0 Å². The molecule has 0 N–H and O–H groups in total. The van der Waals surface area contributed by atoms with Gasteiger partial charge in [-0.25, -0.2) is 0 Å². The summed E-state index contributed by atoms with van der Waals surface area (Å²) in [5.41, 5.74) is 0. The van der Waals surface area contributed by atoms with Crippen molar-refractivity contribution in [3.8, 4) is 0 Å². The molecular formula is C11H11I. The molecule has 62 valence electrons. The molecule has 0 aliphatic heterocycles. The minimum absolute atomic E-state index is 0.265. The summed E-state index contributed by atoms with van der Waals surface area (Å²) < 4.78 is 0.265. The first-order chi connectivity index (χ1) is 5.73. The summed E-state index contributed by atoms with van der Waals surface area (Å²) >= 11 is 2.51. The molecule has 0 aromatic heterocycles. The van der Waals surface area contributed by atoms with Gasteiger partial charge in [-0.05, 0) is 16.9 Å². The minimum atomic E-state index is 0.265. The second-order valence-corrected chi connectivity index (χ2v) is 5.21. The van der Waals surface area contributed by atoms with Crippen LogP contribution in [0.2, 0.25) is 0 Å². The van der Waals surface area contributed by atoms with E-state index in [9.17, 15) is 0 Å². The normalized spacial score (nSPS) is 17.8. The van der Waals surface area contributed by atoms with Gasteiger partial charge < -0.3 is 0 Å². The van der Waals surface area contributed by atoms with Crippen molar-refractivity contribution in [2.75, 3.05) is 0 Å². The van der Waals surface area contributed by atoms with Crippen LogP contribution in [0.15, 0.2) is 24.3 Å². The summed E-state index contributed by atoms with van der Waals surface area (Å²) in [6.07, 6.45) is 5.87. The van der Waals surface area contributed by atoms with Crippen LogP contribution < -0.4 is 10.4 Å². The van der Waals surface area contributed by atoms with E-state index in [1.54, 1.807) is 0 Å². The van der Waals surface area contributed by atoms with E-state index >= 15 is 0 Å². The Morgan fingerprint density at radius 3 is 2.08 bits per heavy atom. The van der Waals surface area contributed by atoms with Gasteiger partial charge in [-0.3, -0.25) is 0 Å². The van der Waals surface area contributed by atoms with Crippen LogP contribution in [0.3, 0.4) is 0 Å². The standard InChI is InChI=1S/C11H11I/c1-2-11(12)7-9-5-3-4-6-10(9)8-11/h3-8H,2H2,1H3. The van der Waals surface area contributed by atoms with Gasteiger partial charge in [0.25, 0.3) is 0 Å². The molecule has 1 aliphatic rings. The van der Waals surface area contributed by atoms with Crippen molar-refractivity contribution >= 4 is 34.7 Å².